The first-order valence-corrected chi connectivity index (χ1v) is 6.66. The second-order valence-electron chi connectivity index (χ2n) is 4.01. The van der Waals surface area contributed by atoms with Crippen LogP contribution in [0.25, 0.3) is 0 Å². The normalized spacial score (nSPS) is 10.3. The van der Waals surface area contributed by atoms with Gasteiger partial charge in [-0.1, -0.05) is 52.3 Å². The fraction of sp³-hybridized carbons (Fsp3) is 0.200. The maximum atomic E-state index is 5.32. The lowest BCUT2D eigenvalue weighted by molar-refractivity contribution is 0.407. The molecule has 0 amide bonds. The number of ether oxygens (including phenoxy) is 1. The van der Waals surface area contributed by atoms with E-state index in [0.29, 0.717) is 0 Å². The summed E-state index contributed by atoms with van der Waals surface area (Å²) in [5.41, 5.74) is 2.43. The first-order valence-electron chi connectivity index (χ1n) is 5.87. The monoisotopic (exact) mass is 305 g/mol. The lowest BCUT2D eigenvalue weighted by Gasteiger charge is -2.10. The van der Waals surface area contributed by atoms with Gasteiger partial charge in [0.2, 0.25) is 0 Å². The van der Waals surface area contributed by atoms with Crippen LogP contribution in [0.3, 0.4) is 0 Å². The minimum Gasteiger partial charge on any atom is -0.496 e. The van der Waals surface area contributed by atoms with E-state index in [1.807, 2.05) is 30.3 Å². The summed E-state index contributed by atoms with van der Waals surface area (Å²) in [7, 11) is 1.70. The fourth-order valence-electron chi connectivity index (χ4n) is 1.82. The molecule has 2 nitrogen and oxygen atoms in total. The number of para-hydroxylation sites is 1. The molecule has 0 aromatic heterocycles. The largest absolute Gasteiger partial charge is 0.496 e. The Morgan fingerprint density at radius 1 is 0.944 bits per heavy atom. The summed E-state index contributed by atoms with van der Waals surface area (Å²) in [6, 6.07) is 16.3. The van der Waals surface area contributed by atoms with E-state index >= 15 is 0 Å². The van der Waals surface area contributed by atoms with Crippen molar-refractivity contribution in [1.82, 2.24) is 5.32 Å². The molecule has 0 unspecified atom stereocenters. The molecule has 0 aliphatic carbocycles. The predicted molar refractivity (Wildman–Crippen MR) is 77.7 cm³/mol. The molecule has 2 rings (SSSR count). The molecule has 94 valence electrons. The van der Waals surface area contributed by atoms with Crippen molar-refractivity contribution in [3.05, 3.63) is 64.1 Å². The van der Waals surface area contributed by atoms with Crippen molar-refractivity contribution in [1.29, 1.82) is 0 Å². The van der Waals surface area contributed by atoms with Crippen LogP contribution in [0.2, 0.25) is 0 Å². The zero-order valence-corrected chi connectivity index (χ0v) is 11.9. The van der Waals surface area contributed by atoms with Gasteiger partial charge in [0.15, 0.2) is 0 Å². The van der Waals surface area contributed by atoms with Crippen LogP contribution in [0.5, 0.6) is 5.75 Å². The van der Waals surface area contributed by atoms with E-state index in [1.54, 1.807) is 7.11 Å². The number of hydrogen-bond acceptors (Lipinski definition) is 2. The van der Waals surface area contributed by atoms with Gasteiger partial charge in [-0.25, -0.2) is 0 Å². The predicted octanol–water partition coefficient (Wildman–Crippen LogP) is 3.75. The van der Waals surface area contributed by atoms with Crippen LogP contribution < -0.4 is 10.1 Å². The lowest BCUT2D eigenvalue weighted by atomic mass is 10.2. The highest BCUT2D eigenvalue weighted by Crippen LogP contribution is 2.18. The van der Waals surface area contributed by atoms with E-state index in [-0.39, 0.29) is 0 Å². The highest BCUT2D eigenvalue weighted by molar-refractivity contribution is 9.10. The minimum absolute atomic E-state index is 0.797. The molecule has 3 heteroatoms. The van der Waals surface area contributed by atoms with Gasteiger partial charge >= 0.3 is 0 Å². The summed E-state index contributed by atoms with van der Waals surface area (Å²) < 4.78 is 6.46. The van der Waals surface area contributed by atoms with Crippen molar-refractivity contribution in [3.63, 3.8) is 0 Å². The smallest absolute Gasteiger partial charge is 0.123 e. The number of nitrogens with one attached hydrogen (secondary N) is 1. The molecular formula is C15H16BrNO. The summed E-state index contributed by atoms with van der Waals surface area (Å²) in [6.45, 7) is 1.63. The van der Waals surface area contributed by atoms with Crippen LogP contribution in [-0.2, 0) is 13.1 Å². The van der Waals surface area contributed by atoms with Crippen molar-refractivity contribution in [2.75, 3.05) is 7.11 Å². The van der Waals surface area contributed by atoms with Gasteiger partial charge in [-0.05, 0) is 17.7 Å². The van der Waals surface area contributed by atoms with Gasteiger partial charge in [0.05, 0.1) is 7.11 Å². The molecule has 0 spiro atoms. The summed E-state index contributed by atoms with van der Waals surface area (Å²) in [5, 5.41) is 3.42. The Morgan fingerprint density at radius 2 is 1.56 bits per heavy atom. The first kappa shape index (κ1) is 13.1. The Hall–Kier alpha value is -1.32. The van der Waals surface area contributed by atoms with E-state index < -0.39 is 0 Å². The standard InChI is InChI=1S/C15H16BrNO/c1-18-15-9-5-3-7-13(15)11-17-10-12-6-2-4-8-14(12)16/h2-9,17H,10-11H2,1H3. The third-order valence-electron chi connectivity index (χ3n) is 2.78. The maximum absolute atomic E-state index is 5.32. The van der Waals surface area contributed by atoms with Gasteiger partial charge < -0.3 is 10.1 Å². The van der Waals surface area contributed by atoms with Crippen molar-refractivity contribution in [2.24, 2.45) is 0 Å². The minimum atomic E-state index is 0.797. The lowest BCUT2D eigenvalue weighted by Crippen LogP contribution is -2.13. The number of hydrogen-bond donors (Lipinski definition) is 1. The van der Waals surface area contributed by atoms with Crippen LogP contribution in [0.15, 0.2) is 53.0 Å². The average Bonchev–Trinajstić information content (AvgIpc) is 2.41. The Labute approximate surface area is 116 Å². The Kier molecular flexibility index (Phi) is 4.79. The summed E-state index contributed by atoms with van der Waals surface area (Å²) in [5.74, 6) is 0.928. The zero-order chi connectivity index (χ0) is 12.8. The molecule has 0 aliphatic heterocycles. The van der Waals surface area contributed by atoms with Crippen molar-refractivity contribution < 1.29 is 4.74 Å². The molecule has 0 saturated carbocycles. The van der Waals surface area contributed by atoms with Crippen LogP contribution in [-0.4, -0.2) is 7.11 Å². The fourth-order valence-corrected chi connectivity index (χ4v) is 2.25. The molecule has 0 fully saturated rings. The summed E-state index contributed by atoms with van der Waals surface area (Å²) in [4.78, 5) is 0. The molecule has 0 saturated heterocycles. The second-order valence-corrected chi connectivity index (χ2v) is 4.86. The quantitative estimate of drug-likeness (QED) is 0.908. The van der Waals surface area contributed by atoms with Crippen LogP contribution in [0, 0.1) is 0 Å². The third kappa shape index (κ3) is 3.34. The van der Waals surface area contributed by atoms with Crippen molar-refractivity contribution in [3.8, 4) is 5.75 Å². The molecule has 18 heavy (non-hydrogen) atoms. The van der Waals surface area contributed by atoms with Gasteiger partial charge in [-0.2, -0.15) is 0 Å². The van der Waals surface area contributed by atoms with E-state index in [2.05, 4.69) is 39.4 Å². The van der Waals surface area contributed by atoms with E-state index in [1.165, 1.54) is 11.1 Å². The number of rotatable bonds is 5. The van der Waals surface area contributed by atoms with Gasteiger partial charge in [-0.15, -0.1) is 0 Å². The molecule has 0 bridgehead atoms. The number of benzene rings is 2. The Bertz CT molecular complexity index is 513. The molecule has 0 atom stereocenters. The highest BCUT2D eigenvalue weighted by Gasteiger charge is 2.02. The second kappa shape index (κ2) is 6.57. The van der Waals surface area contributed by atoms with E-state index in [4.69, 9.17) is 4.74 Å². The Balaban J connectivity index is 1.95. The average molecular weight is 306 g/mol. The molecule has 2 aromatic rings. The Morgan fingerprint density at radius 3 is 2.28 bits per heavy atom. The summed E-state index contributed by atoms with van der Waals surface area (Å²) in [6.07, 6.45) is 0. The number of methoxy groups -OCH3 is 1. The molecule has 2 aromatic carbocycles. The van der Waals surface area contributed by atoms with Gasteiger partial charge in [-0.3, -0.25) is 0 Å². The molecule has 1 N–H and O–H groups in total. The van der Waals surface area contributed by atoms with E-state index in [9.17, 15) is 0 Å². The van der Waals surface area contributed by atoms with Crippen molar-refractivity contribution in [2.45, 2.75) is 13.1 Å². The van der Waals surface area contributed by atoms with Crippen LogP contribution >= 0.6 is 15.9 Å². The van der Waals surface area contributed by atoms with Gasteiger partial charge in [0, 0.05) is 23.1 Å². The van der Waals surface area contributed by atoms with Crippen LogP contribution in [0.1, 0.15) is 11.1 Å². The molecule has 0 radical (unpaired) electrons. The highest BCUT2D eigenvalue weighted by atomic mass is 79.9. The van der Waals surface area contributed by atoms with Crippen molar-refractivity contribution >= 4 is 15.9 Å². The zero-order valence-electron chi connectivity index (χ0n) is 10.3. The third-order valence-corrected chi connectivity index (χ3v) is 3.55. The first-order chi connectivity index (χ1) is 8.81. The van der Waals surface area contributed by atoms with Gasteiger partial charge in [0.25, 0.3) is 0 Å². The SMILES string of the molecule is COc1ccccc1CNCc1ccccc1Br. The van der Waals surface area contributed by atoms with Gasteiger partial charge in [0.1, 0.15) is 5.75 Å². The van der Waals surface area contributed by atoms with Crippen LogP contribution in [0.4, 0.5) is 0 Å². The molecular weight excluding hydrogens is 290 g/mol. The number of halogens is 1. The topological polar surface area (TPSA) is 21.3 Å². The summed E-state index contributed by atoms with van der Waals surface area (Å²) >= 11 is 3.55. The van der Waals surface area contributed by atoms with E-state index in [0.717, 1.165) is 23.3 Å². The molecule has 0 aliphatic rings. The maximum Gasteiger partial charge on any atom is 0.123 e. The molecule has 0 heterocycles.